The minimum absolute atomic E-state index is 0.131. The van der Waals surface area contributed by atoms with Gasteiger partial charge in [0.25, 0.3) is 0 Å². The number of benzene rings is 1. The van der Waals surface area contributed by atoms with Crippen LogP contribution in [0.2, 0.25) is 0 Å². The number of amides is 2. The van der Waals surface area contributed by atoms with Gasteiger partial charge in [0.05, 0.1) is 6.42 Å². The third-order valence-corrected chi connectivity index (χ3v) is 6.65. The third-order valence-electron chi connectivity index (χ3n) is 5.78. The fourth-order valence-corrected chi connectivity index (χ4v) is 4.84. The highest BCUT2D eigenvalue weighted by molar-refractivity contribution is 7.10. The molecule has 5 nitrogen and oxygen atoms in total. The summed E-state index contributed by atoms with van der Waals surface area (Å²) in [6, 6.07) is 12.8. The van der Waals surface area contributed by atoms with Crippen molar-refractivity contribution in [2.75, 3.05) is 0 Å². The van der Waals surface area contributed by atoms with Crippen molar-refractivity contribution in [2.45, 2.75) is 50.7 Å². The van der Waals surface area contributed by atoms with Crippen molar-refractivity contribution in [3.05, 3.63) is 88.1 Å². The Hall–Kier alpha value is -3.06. The zero-order valence-electron chi connectivity index (χ0n) is 17.7. The van der Waals surface area contributed by atoms with Crippen LogP contribution in [0.5, 0.6) is 0 Å². The fraction of sp³-hybridized carbons (Fsp3) is 0.320. The summed E-state index contributed by atoms with van der Waals surface area (Å²) in [5.41, 5.74) is 1.47. The highest BCUT2D eigenvalue weighted by atomic mass is 32.1. The Morgan fingerprint density at radius 1 is 1.09 bits per heavy atom. The molecule has 166 valence electrons. The van der Waals surface area contributed by atoms with E-state index in [0.29, 0.717) is 5.56 Å². The lowest BCUT2D eigenvalue weighted by Crippen LogP contribution is -2.46. The third kappa shape index (κ3) is 5.59. The fourth-order valence-electron chi connectivity index (χ4n) is 4.14. The summed E-state index contributed by atoms with van der Waals surface area (Å²) in [4.78, 5) is 33.6. The SMILES string of the molecule is O=C(NC1CCCC1)[C@H](c1ccncc1)N(Cc1ccc(F)cc1)C(=O)Cc1cccs1. The van der Waals surface area contributed by atoms with Crippen LogP contribution < -0.4 is 5.32 Å². The Labute approximate surface area is 191 Å². The van der Waals surface area contributed by atoms with Gasteiger partial charge in [-0.2, -0.15) is 0 Å². The summed E-state index contributed by atoms with van der Waals surface area (Å²) < 4.78 is 13.5. The number of pyridine rings is 1. The Kier molecular flexibility index (Phi) is 7.27. The normalized spacial score (nSPS) is 14.8. The van der Waals surface area contributed by atoms with Crippen LogP contribution in [0.15, 0.2) is 66.3 Å². The van der Waals surface area contributed by atoms with E-state index in [9.17, 15) is 14.0 Å². The Bertz CT molecular complexity index is 1020. The summed E-state index contributed by atoms with van der Waals surface area (Å²) >= 11 is 1.51. The summed E-state index contributed by atoms with van der Waals surface area (Å²) in [6.45, 7) is 0.204. The summed E-state index contributed by atoms with van der Waals surface area (Å²) in [7, 11) is 0. The lowest BCUT2D eigenvalue weighted by molar-refractivity contribution is -0.141. The van der Waals surface area contributed by atoms with Crippen molar-refractivity contribution >= 4 is 23.2 Å². The molecule has 1 aliphatic carbocycles. The van der Waals surface area contributed by atoms with Crippen LogP contribution in [-0.2, 0) is 22.6 Å². The lowest BCUT2D eigenvalue weighted by Gasteiger charge is -2.32. The van der Waals surface area contributed by atoms with E-state index in [1.807, 2.05) is 17.5 Å². The van der Waals surface area contributed by atoms with Gasteiger partial charge in [-0.3, -0.25) is 14.6 Å². The molecule has 3 aromatic rings. The maximum Gasteiger partial charge on any atom is 0.247 e. The molecule has 1 aromatic carbocycles. The molecule has 1 saturated carbocycles. The molecule has 1 fully saturated rings. The van der Waals surface area contributed by atoms with Crippen molar-refractivity contribution in [3.63, 3.8) is 0 Å². The van der Waals surface area contributed by atoms with Crippen LogP contribution in [-0.4, -0.2) is 27.7 Å². The van der Waals surface area contributed by atoms with Crippen LogP contribution in [0.4, 0.5) is 4.39 Å². The zero-order chi connectivity index (χ0) is 22.3. The molecule has 4 rings (SSSR count). The quantitative estimate of drug-likeness (QED) is 0.542. The molecular formula is C25H26FN3O2S. The van der Waals surface area contributed by atoms with Gasteiger partial charge in [-0.1, -0.05) is 31.0 Å². The van der Waals surface area contributed by atoms with Gasteiger partial charge in [-0.25, -0.2) is 4.39 Å². The summed E-state index contributed by atoms with van der Waals surface area (Å²) in [6.07, 6.45) is 7.57. The van der Waals surface area contributed by atoms with E-state index in [4.69, 9.17) is 0 Å². The van der Waals surface area contributed by atoms with Gasteiger partial charge >= 0.3 is 0 Å². The van der Waals surface area contributed by atoms with Crippen LogP contribution in [0.25, 0.3) is 0 Å². The zero-order valence-corrected chi connectivity index (χ0v) is 18.6. The van der Waals surface area contributed by atoms with Gasteiger partial charge in [-0.15, -0.1) is 11.3 Å². The monoisotopic (exact) mass is 451 g/mol. The predicted molar refractivity (Wildman–Crippen MR) is 122 cm³/mol. The van der Waals surface area contributed by atoms with Crippen LogP contribution in [0.3, 0.4) is 0 Å². The second-order valence-corrected chi connectivity index (χ2v) is 9.11. The minimum atomic E-state index is -0.795. The smallest absolute Gasteiger partial charge is 0.247 e. The molecule has 0 aliphatic heterocycles. The molecule has 7 heteroatoms. The molecule has 0 spiro atoms. The molecule has 0 radical (unpaired) electrons. The van der Waals surface area contributed by atoms with E-state index < -0.39 is 6.04 Å². The van der Waals surface area contributed by atoms with Crippen LogP contribution in [0, 0.1) is 5.82 Å². The standard InChI is InChI=1S/C25H26FN3O2S/c26-20-9-7-18(8-10-20)17-29(23(30)16-22-6-3-15-32-22)24(19-11-13-27-14-12-19)25(31)28-21-4-1-2-5-21/h3,6-15,21,24H,1-2,4-5,16-17H2,(H,28,31)/t24-/m0/s1. The molecule has 1 atom stereocenters. The number of nitrogens with one attached hydrogen (secondary N) is 1. The number of nitrogens with zero attached hydrogens (tertiary/aromatic N) is 2. The number of thiophene rings is 1. The first-order valence-electron chi connectivity index (χ1n) is 10.9. The Balaban J connectivity index is 1.67. The first kappa shape index (κ1) is 22.1. The van der Waals surface area contributed by atoms with E-state index in [0.717, 1.165) is 36.1 Å². The maximum absolute atomic E-state index is 13.5. The average Bonchev–Trinajstić information content (AvgIpc) is 3.50. The first-order valence-corrected chi connectivity index (χ1v) is 11.7. The number of aromatic nitrogens is 1. The number of hydrogen-bond donors (Lipinski definition) is 1. The number of carbonyl (C=O) groups is 2. The Morgan fingerprint density at radius 3 is 2.47 bits per heavy atom. The minimum Gasteiger partial charge on any atom is -0.351 e. The summed E-state index contributed by atoms with van der Waals surface area (Å²) in [5, 5.41) is 5.09. The number of halogens is 1. The van der Waals surface area contributed by atoms with Gasteiger partial charge in [0, 0.05) is 29.9 Å². The molecule has 32 heavy (non-hydrogen) atoms. The molecule has 1 N–H and O–H groups in total. The molecule has 2 amide bonds. The topological polar surface area (TPSA) is 62.3 Å². The largest absolute Gasteiger partial charge is 0.351 e. The van der Waals surface area contributed by atoms with E-state index >= 15 is 0 Å². The maximum atomic E-state index is 13.5. The molecular weight excluding hydrogens is 425 g/mol. The molecule has 0 bridgehead atoms. The van der Waals surface area contributed by atoms with Crippen molar-refractivity contribution in [2.24, 2.45) is 0 Å². The van der Waals surface area contributed by atoms with Crippen molar-refractivity contribution < 1.29 is 14.0 Å². The van der Waals surface area contributed by atoms with E-state index in [1.165, 1.54) is 23.5 Å². The van der Waals surface area contributed by atoms with Gasteiger partial charge < -0.3 is 10.2 Å². The van der Waals surface area contributed by atoms with Gasteiger partial charge in [0.15, 0.2) is 0 Å². The number of carbonyl (C=O) groups excluding carboxylic acids is 2. The molecule has 2 heterocycles. The summed E-state index contributed by atoms with van der Waals surface area (Å²) in [5.74, 6) is -0.681. The van der Waals surface area contributed by atoms with E-state index in [1.54, 1.807) is 41.6 Å². The van der Waals surface area contributed by atoms with Crippen LogP contribution in [0.1, 0.15) is 47.7 Å². The highest BCUT2D eigenvalue weighted by Gasteiger charge is 2.33. The first-order chi connectivity index (χ1) is 15.6. The molecule has 0 saturated heterocycles. The van der Waals surface area contributed by atoms with Crippen molar-refractivity contribution in [3.8, 4) is 0 Å². The van der Waals surface area contributed by atoms with Crippen molar-refractivity contribution in [1.82, 2.24) is 15.2 Å². The van der Waals surface area contributed by atoms with Crippen LogP contribution >= 0.6 is 11.3 Å². The average molecular weight is 452 g/mol. The number of rotatable bonds is 8. The predicted octanol–water partition coefficient (Wildman–Crippen LogP) is 4.65. The molecule has 0 unspecified atom stereocenters. The van der Waals surface area contributed by atoms with Crippen molar-refractivity contribution in [1.29, 1.82) is 0 Å². The van der Waals surface area contributed by atoms with E-state index in [2.05, 4.69) is 10.3 Å². The van der Waals surface area contributed by atoms with Gasteiger partial charge in [-0.05, 0) is 59.7 Å². The second kappa shape index (κ2) is 10.5. The Morgan fingerprint density at radius 2 is 1.81 bits per heavy atom. The lowest BCUT2D eigenvalue weighted by atomic mass is 10.0. The van der Waals surface area contributed by atoms with E-state index in [-0.39, 0.29) is 36.6 Å². The van der Waals surface area contributed by atoms with Gasteiger partial charge in [0.2, 0.25) is 11.8 Å². The highest BCUT2D eigenvalue weighted by Crippen LogP contribution is 2.27. The van der Waals surface area contributed by atoms with Gasteiger partial charge in [0.1, 0.15) is 11.9 Å². The number of hydrogen-bond acceptors (Lipinski definition) is 4. The second-order valence-electron chi connectivity index (χ2n) is 8.08. The molecule has 1 aliphatic rings. The molecule has 2 aromatic heterocycles.